The van der Waals surface area contributed by atoms with E-state index in [9.17, 15) is 37.1 Å². The molecule has 5 heterocycles. The Balaban J connectivity index is 0.717. The molecule has 2 atom stereocenters. The van der Waals surface area contributed by atoms with Crippen LogP contribution in [0.25, 0.3) is 5.57 Å². The minimum Gasteiger partial charge on any atom is -0.475 e. The number of aryl methyl sites for hydroxylation is 1. The number of ether oxygens (including phenoxy) is 5. The number of allylic oxidation sites excluding steroid dienone is 1. The molecule has 2 unspecified atom stereocenters. The van der Waals surface area contributed by atoms with Gasteiger partial charge in [-0.3, -0.25) is 39.2 Å². The number of carbonyl (C=O) groups is 5. The molecule has 3 aromatic rings. The third kappa shape index (κ3) is 13.8. The number of piperidine rings is 1. The van der Waals surface area contributed by atoms with Gasteiger partial charge in [-0.2, -0.15) is 13.2 Å². The smallest absolute Gasteiger partial charge is 0.416 e. The molecule has 376 valence electrons. The summed E-state index contributed by atoms with van der Waals surface area (Å²) in [7, 11) is 0. The molecule has 0 spiro atoms. The van der Waals surface area contributed by atoms with Gasteiger partial charge in [-0.05, 0) is 85.2 Å². The Morgan fingerprint density at radius 2 is 1.66 bits per heavy atom. The van der Waals surface area contributed by atoms with Gasteiger partial charge in [-0.1, -0.05) is 31.0 Å². The quantitative estimate of drug-likeness (QED) is 0.0815. The van der Waals surface area contributed by atoms with E-state index in [1.807, 2.05) is 30.0 Å². The number of amides is 5. The molecule has 70 heavy (non-hydrogen) atoms. The first-order valence-electron chi connectivity index (χ1n) is 23.7. The molecule has 2 aromatic carbocycles. The van der Waals surface area contributed by atoms with Crippen molar-refractivity contribution in [1.82, 2.24) is 30.7 Å². The van der Waals surface area contributed by atoms with E-state index < -0.39 is 35.3 Å². The summed E-state index contributed by atoms with van der Waals surface area (Å²) in [6.45, 7) is 6.24. The topological polar surface area (TPSA) is 199 Å². The summed E-state index contributed by atoms with van der Waals surface area (Å²) in [6, 6.07) is 13.0. The molecule has 2 saturated heterocycles. The van der Waals surface area contributed by atoms with Crippen molar-refractivity contribution >= 4 is 41.3 Å². The molecule has 0 radical (unpaired) electrons. The number of nitrogens with one attached hydrogen (secondary N) is 3. The van der Waals surface area contributed by atoms with Crippen LogP contribution in [0, 0.1) is 0 Å². The zero-order valence-corrected chi connectivity index (χ0v) is 39.3. The Morgan fingerprint density at radius 1 is 0.914 bits per heavy atom. The molecule has 0 saturated carbocycles. The van der Waals surface area contributed by atoms with E-state index in [2.05, 4.69) is 25.9 Å². The fourth-order valence-corrected chi connectivity index (χ4v) is 8.86. The Labute approximate surface area is 404 Å². The molecule has 1 aromatic heterocycles. The predicted molar refractivity (Wildman–Crippen MR) is 250 cm³/mol. The number of hydrogen-bond donors (Lipinski definition) is 3. The second kappa shape index (κ2) is 24.7. The third-order valence-electron chi connectivity index (χ3n) is 12.6. The van der Waals surface area contributed by atoms with E-state index in [0.717, 1.165) is 66.5 Å². The average molecular weight is 976 g/mol. The van der Waals surface area contributed by atoms with Crippen molar-refractivity contribution in [3.8, 4) is 5.88 Å². The first-order valence-corrected chi connectivity index (χ1v) is 23.7. The second-order valence-electron chi connectivity index (χ2n) is 17.4. The maximum atomic E-state index is 13.5. The number of aliphatic imine (C=N–C) groups is 1. The Kier molecular flexibility index (Phi) is 18.2. The number of benzene rings is 2. The van der Waals surface area contributed by atoms with E-state index in [1.165, 1.54) is 12.1 Å². The number of fused-ring (bicyclic) bond motifs is 1. The van der Waals surface area contributed by atoms with Gasteiger partial charge in [0.2, 0.25) is 23.6 Å². The number of halogens is 3. The summed E-state index contributed by atoms with van der Waals surface area (Å²) in [5.41, 5.74) is 2.81. The number of pyridine rings is 1. The summed E-state index contributed by atoms with van der Waals surface area (Å²) in [5, 5.41) is 8.22. The molecule has 0 aliphatic carbocycles. The zero-order chi connectivity index (χ0) is 49.5. The summed E-state index contributed by atoms with van der Waals surface area (Å²) < 4.78 is 68.3. The summed E-state index contributed by atoms with van der Waals surface area (Å²) in [5.74, 6) is -1.36. The van der Waals surface area contributed by atoms with Crippen LogP contribution in [0.1, 0.15) is 94.8 Å². The van der Waals surface area contributed by atoms with Gasteiger partial charge in [-0.25, -0.2) is 4.98 Å². The van der Waals surface area contributed by atoms with Crippen LogP contribution < -0.4 is 20.7 Å². The lowest BCUT2D eigenvalue weighted by atomic mass is 9.90. The number of imide groups is 1. The molecule has 5 amide bonds. The minimum atomic E-state index is -4.59. The number of rotatable bonds is 24. The van der Waals surface area contributed by atoms with Gasteiger partial charge in [-0.15, -0.1) is 0 Å². The largest absolute Gasteiger partial charge is 0.475 e. The van der Waals surface area contributed by atoms with Gasteiger partial charge in [0.1, 0.15) is 24.9 Å². The van der Waals surface area contributed by atoms with Gasteiger partial charge >= 0.3 is 6.18 Å². The van der Waals surface area contributed by atoms with E-state index in [4.69, 9.17) is 23.7 Å². The lowest BCUT2D eigenvalue weighted by Crippen LogP contribution is -2.65. The molecular weight excluding hydrogens is 916 g/mol. The van der Waals surface area contributed by atoms with E-state index in [0.29, 0.717) is 95.8 Å². The van der Waals surface area contributed by atoms with Crippen molar-refractivity contribution < 1.29 is 60.8 Å². The molecule has 2 fully saturated rings. The predicted octanol–water partition coefficient (Wildman–Crippen LogP) is 4.87. The fraction of sp³-hybridized carbons (Fsp3) is 0.500. The molecule has 20 heteroatoms. The van der Waals surface area contributed by atoms with Crippen molar-refractivity contribution in [2.24, 2.45) is 4.99 Å². The Bertz CT molecular complexity index is 2390. The highest BCUT2D eigenvalue weighted by atomic mass is 19.4. The Hall–Kier alpha value is -6.06. The molecule has 4 aliphatic rings. The van der Waals surface area contributed by atoms with Gasteiger partial charge < -0.3 is 39.2 Å². The highest BCUT2D eigenvalue weighted by molar-refractivity contribution is 6.05. The van der Waals surface area contributed by atoms with Crippen molar-refractivity contribution in [3.63, 3.8) is 0 Å². The standard InChI is InChI=1S/C50H60F3N7O10/c1-34-40(29-49(33-56-34,59-18-20-66-21-19-59)58-46(63)36-10-6-11-38(28-36)50(51,52)53)37-13-16-45(55-30-37)70-27-26-68-23-22-67-24-25-69-32-44(62)54-17-5-3-2-4-8-35-9-7-12-39-41(35)31-60(48(39)65)42-14-15-43(61)57-47(42)64/h6-7,9-13,16,28,30,33,42H,2-5,8,14-15,17-27,29,31-32H2,1H3,(H,54,62)(H,58,63)(H,57,61,64). The highest BCUT2D eigenvalue weighted by Crippen LogP contribution is 2.36. The average Bonchev–Trinajstić information content (AvgIpc) is 3.69. The second-order valence-corrected chi connectivity index (χ2v) is 17.4. The van der Waals surface area contributed by atoms with Crippen LogP contribution in [0.15, 0.2) is 71.5 Å². The molecular formula is C50H60F3N7O10. The maximum Gasteiger partial charge on any atom is 0.416 e. The number of aromatic nitrogens is 1. The zero-order valence-electron chi connectivity index (χ0n) is 39.3. The van der Waals surface area contributed by atoms with Crippen molar-refractivity contribution in [3.05, 3.63) is 99.9 Å². The highest BCUT2D eigenvalue weighted by Gasteiger charge is 2.42. The van der Waals surface area contributed by atoms with Crippen molar-refractivity contribution in [1.29, 1.82) is 0 Å². The maximum absolute atomic E-state index is 13.5. The molecule has 4 aliphatic heterocycles. The fourth-order valence-electron chi connectivity index (χ4n) is 8.86. The number of morpholine rings is 1. The summed E-state index contributed by atoms with van der Waals surface area (Å²) in [6.07, 6.45) is 4.01. The van der Waals surface area contributed by atoms with Gasteiger partial charge in [0, 0.05) is 74.3 Å². The molecule has 7 rings (SSSR count). The molecule has 3 N–H and O–H groups in total. The van der Waals surface area contributed by atoms with Crippen molar-refractivity contribution in [2.75, 3.05) is 79.1 Å². The number of unbranched alkanes of at least 4 members (excludes halogenated alkanes) is 3. The van der Waals surface area contributed by atoms with Crippen LogP contribution in [0.4, 0.5) is 13.2 Å². The van der Waals surface area contributed by atoms with Crippen LogP contribution in [0.5, 0.6) is 5.88 Å². The van der Waals surface area contributed by atoms with E-state index in [1.54, 1.807) is 29.4 Å². The monoisotopic (exact) mass is 975 g/mol. The van der Waals surface area contributed by atoms with Crippen LogP contribution in [-0.4, -0.2) is 141 Å². The van der Waals surface area contributed by atoms with Crippen LogP contribution in [0.2, 0.25) is 0 Å². The Morgan fingerprint density at radius 3 is 2.40 bits per heavy atom. The lowest BCUT2D eigenvalue weighted by molar-refractivity contribution is -0.138. The molecule has 0 bridgehead atoms. The van der Waals surface area contributed by atoms with Crippen LogP contribution in [-0.2, 0) is 52.5 Å². The first kappa shape index (κ1) is 51.8. The van der Waals surface area contributed by atoms with E-state index >= 15 is 0 Å². The molecule has 17 nitrogen and oxygen atoms in total. The summed E-state index contributed by atoms with van der Waals surface area (Å²) in [4.78, 5) is 75.5. The minimum absolute atomic E-state index is 0.0646. The normalized spacial score (nSPS) is 19.6. The number of nitrogens with zero attached hydrogens (tertiary/aromatic N) is 4. The third-order valence-corrected chi connectivity index (χ3v) is 12.6. The van der Waals surface area contributed by atoms with Gasteiger partial charge in [0.05, 0.1) is 51.8 Å². The van der Waals surface area contributed by atoms with Crippen molar-refractivity contribution in [2.45, 2.75) is 82.7 Å². The lowest BCUT2D eigenvalue weighted by Gasteiger charge is -2.45. The summed E-state index contributed by atoms with van der Waals surface area (Å²) >= 11 is 0. The first-order chi connectivity index (χ1) is 33.8. The number of alkyl halides is 3. The SMILES string of the molecule is CC1=C(c2ccc(OCCOCCOCCOCC(=O)NCCCCCCc3cccc4c3CN(C3CCC(=O)NC3=O)C4=O)nc2)CC(NC(=O)c2cccc(C(F)(F)F)c2)(N2CCOCC2)C=N1. The van der Waals surface area contributed by atoms with Gasteiger partial charge in [0.15, 0.2) is 0 Å². The van der Waals surface area contributed by atoms with Gasteiger partial charge in [0.25, 0.3) is 11.8 Å². The number of carbonyl (C=O) groups excluding carboxylic acids is 5. The van der Waals surface area contributed by atoms with E-state index in [-0.39, 0.29) is 49.5 Å². The van der Waals surface area contributed by atoms with Crippen LogP contribution in [0.3, 0.4) is 0 Å². The van der Waals surface area contributed by atoms with Crippen LogP contribution >= 0.6 is 0 Å². The number of hydrogen-bond acceptors (Lipinski definition) is 13.